The molecule has 8 heteroatoms. The molecule has 3 heterocycles. The Kier molecular flexibility index (Phi) is 3.51. The second kappa shape index (κ2) is 5.22. The average Bonchev–Trinajstić information content (AvgIpc) is 2.96. The number of carbonyl (C=O) groups is 2. The average molecular weight is 408 g/mol. The molecule has 3 N–H and O–H groups in total. The molecule has 0 aromatic heterocycles. The van der Waals surface area contributed by atoms with Crippen molar-refractivity contribution in [1.82, 2.24) is 0 Å². The van der Waals surface area contributed by atoms with Crippen molar-refractivity contribution in [3.63, 3.8) is 0 Å². The molecule has 2 saturated carbocycles. The molecule has 3 saturated heterocycles. The van der Waals surface area contributed by atoms with Gasteiger partial charge in [-0.2, -0.15) is 0 Å². The monoisotopic (exact) mass is 408 g/mol. The molecule has 0 radical (unpaired) electrons. The van der Waals surface area contributed by atoms with Gasteiger partial charge in [0.1, 0.15) is 16.9 Å². The molecule has 3 aliphatic heterocycles. The lowest BCUT2D eigenvalue weighted by Gasteiger charge is -2.63. The van der Waals surface area contributed by atoms with Gasteiger partial charge in [0, 0.05) is 13.0 Å². The fourth-order valence-electron chi connectivity index (χ4n) is 7.16. The number of Topliss-reactive ketones (excluding diaryl/α,β-unsaturated/α-hetero) is 1. The van der Waals surface area contributed by atoms with Gasteiger partial charge in [-0.3, -0.25) is 4.79 Å². The Hall–Kier alpha value is -1.48. The molecule has 6 rings (SSSR count). The summed E-state index contributed by atoms with van der Waals surface area (Å²) in [4.78, 5) is 26.8. The molecule has 2 spiro atoms. The normalized spacial score (nSPS) is 60.7. The molecular formula is C21H28O8. The van der Waals surface area contributed by atoms with Crippen LogP contribution in [-0.2, 0) is 23.8 Å². The largest absolute Gasteiger partial charge is 0.511 e. The van der Waals surface area contributed by atoms with Crippen LogP contribution >= 0.6 is 0 Å². The lowest BCUT2D eigenvalue weighted by atomic mass is 9.55. The fraction of sp³-hybridized carbons (Fsp3) is 0.810. The van der Waals surface area contributed by atoms with Crippen LogP contribution in [0.2, 0.25) is 0 Å². The van der Waals surface area contributed by atoms with Gasteiger partial charge in [-0.1, -0.05) is 13.8 Å². The summed E-state index contributed by atoms with van der Waals surface area (Å²) >= 11 is 0. The summed E-state index contributed by atoms with van der Waals surface area (Å²) in [5, 5.41) is 33.4. The standard InChI is InChI=1S/C21H28O8/c1-8-6-18(3,26)15(23)12-14(27-5)11-16(24)19(4)9(2)7-20(11)21(12,29-19)10(13(8)22)17(25)28-20/h8-9,11-12,14,16,22,24,26H,6-7H2,1-5H3/b13-10+/t8-,9-,11-,12-,14-,16-,18-,19-,20-,21-/m0/s1. The van der Waals surface area contributed by atoms with Gasteiger partial charge in [0.2, 0.25) is 0 Å². The van der Waals surface area contributed by atoms with E-state index in [1.165, 1.54) is 14.0 Å². The number of hydrogen-bond donors (Lipinski definition) is 3. The second-order valence-electron chi connectivity index (χ2n) is 10.1. The molecule has 8 nitrogen and oxygen atoms in total. The van der Waals surface area contributed by atoms with Gasteiger partial charge in [-0.15, -0.1) is 0 Å². The van der Waals surface area contributed by atoms with E-state index in [2.05, 4.69) is 0 Å². The molecule has 6 aliphatic rings. The summed E-state index contributed by atoms with van der Waals surface area (Å²) in [6.07, 6.45) is -1.55. The number of aliphatic hydroxyl groups excluding tert-OH is 2. The summed E-state index contributed by atoms with van der Waals surface area (Å²) in [7, 11) is 1.44. The van der Waals surface area contributed by atoms with Crippen LogP contribution in [-0.4, -0.2) is 68.8 Å². The van der Waals surface area contributed by atoms with Crippen molar-refractivity contribution >= 4 is 11.8 Å². The van der Waals surface area contributed by atoms with Gasteiger partial charge in [-0.25, -0.2) is 4.79 Å². The maximum atomic E-state index is 13.7. The van der Waals surface area contributed by atoms with E-state index in [9.17, 15) is 24.9 Å². The number of carbonyl (C=O) groups excluding carboxylic acids is 2. The number of ether oxygens (including phenoxy) is 3. The van der Waals surface area contributed by atoms with E-state index in [0.717, 1.165) is 0 Å². The quantitative estimate of drug-likeness (QED) is 0.541. The Morgan fingerprint density at radius 3 is 2.45 bits per heavy atom. The topological polar surface area (TPSA) is 123 Å². The SMILES string of the molecule is CO[C@H]1[C@H]2[C@H](O)[C@@]3(C)O[C@@]45/C(=C(/O)[C@@H](C)C[C@](C)(O)C(=O)[C@H]14)C(=O)O[C@@]25C[C@@H]3C. The number of hydrogen-bond acceptors (Lipinski definition) is 8. The van der Waals surface area contributed by atoms with Crippen LogP contribution in [0.5, 0.6) is 0 Å². The van der Waals surface area contributed by atoms with Gasteiger partial charge < -0.3 is 29.5 Å². The fourth-order valence-corrected chi connectivity index (χ4v) is 7.16. The third kappa shape index (κ3) is 1.78. The van der Waals surface area contributed by atoms with E-state index < -0.39 is 64.1 Å². The summed E-state index contributed by atoms with van der Waals surface area (Å²) in [6, 6.07) is 0. The van der Waals surface area contributed by atoms with E-state index in [1.807, 2.05) is 6.92 Å². The summed E-state index contributed by atoms with van der Waals surface area (Å²) in [6.45, 7) is 6.75. The Balaban J connectivity index is 1.90. The van der Waals surface area contributed by atoms with Gasteiger partial charge in [0.25, 0.3) is 0 Å². The number of ketones is 1. The summed E-state index contributed by atoms with van der Waals surface area (Å²) in [5.74, 6) is -4.08. The Bertz CT molecular complexity index is 863. The van der Waals surface area contributed by atoms with Crippen LogP contribution in [0.4, 0.5) is 0 Å². The first-order chi connectivity index (χ1) is 13.4. The smallest absolute Gasteiger partial charge is 0.341 e. The van der Waals surface area contributed by atoms with Gasteiger partial charge in [0.15, 0.2) is 17.0 Å². The minimum atomic E-state index is -1.76. The van der Waals surface area contributed by atoms with Gasteiger partial charge >= 0.3 is 5.97 Å². The zero-order valence-electron chi connectivity index (χ0n) is 17.3. The van der Waals surface area contributed by atoms with E-state index in [1.54, 1.807) is 13.8 Å². The lowest BCUT2D eigenvalue weighted by Crippen LogP contribution is -2.76. The molecule has 0 aromatic carbocycles. The van der Waals surface area contributed by atoms with Crippen molar-refractivity contribution in [2.24, 2.45) is 23.7 Å². The molecule has 5 fully saturated rings. The molecule has 160 valence electrons. The molecule has 0 amide bonds. The Labute approximate surface area is 168 Å². The van der Waals surface area contributed by atoms with Crippen LogP contribution < -0.4 is 0 Å². The van der Waals surface area contributed by atoms with Crippen LogP contribution in [0, 0.1) is 23.7 Å². The predicted molar refractivity (Wildman–Crippen MR) is 97.7 cm³/mol. The Morgan fingerprint density at radius 2 is 1.83 bits per heavy atom. The van der Waals surface area contributed by atoms with Crippen LogP contribution in [0.3, 0.4) is 0 Å². The zero-order chi connectivity index (χ0) is 21.3. The van der Waals surface area contributed by atoms with E-state index in [0.29, 0.717) is 6.42 Å². The third-order valence-electron chi connectivity index (χ3n) is 8.55. The number of fused-ring (bicyclic) bond motifs is 1. The number of aliphatic hydroxyl groups is 3. The second-order valence-corrected chi connectivity index (χ2v) is 10.1. The van der Waals surface area contributed by atoms with Crippen LogP contribution in [0.1, 0.15) is 40.5 Å². The number of methoxy groups -OCH3 is 1. The predicted octanol–water partition coefficient (Wildman–Crippen LogP) is 0.643. The number of esters is 1. The molecule has 0 unspecified atom stereocenters. The summed E-state index contributed by atoms with van der Waals surface area (Å²) < 4.78 is 18.2. The number of allylic oxidation sites excluding steroid dienone is 1. The highest BCUT2D eigenvalue weighted by atomic mass is 16.6. The van der Waals surface area contributed by atoms with Gasteiger partial charge in [0.05, 0.1) is 29.6 Å². The maximum Gasteiger partial charge on any atom is 0.341 e. The van der Waals surface area contributed by atoms with E-state index >= 15 is 0 Å². The molecular weight excluding hydrogens is 380 g/mol. The van der Waals surface area contributed by atoms with Crippen LogP contribution in [0.25, 0.3) is 0 Å². The number of rotatable bonds is 1. The molecule has 10 atom stereocenters. The van der Waals surface area contributed by atoms with Crippen molar-refractivity contribution in [3.05, 3.63) is 11.3 Å². The molecule has 29 heavy (non-hydrogen) atoms. The molecule has 0 aromatic rings. The summed E-state index contributed by atoms with van der Waals surface area (Å²) in [5.41, 5.74) is -5.81. The van der Waals surface area contributed by atoms with E-state index in [-0.39, 0.29) is 23.7 Å². The van der Waals surface area contributed by atoms with Crippen molar-refractivity contribution < 1.29 is 39.1 Å². The van der Waals surface area contributed by atoms with Crippen molar-refractivity contribution in [3.8, 4) is 0 Å². The zero-order valence-corrected chi connectivity index (χ0v) is 17.3. The lowest BCUT2D eigenvalue weighted by molar-refractivity contribution is -0.343. The van der Waals surface area contributed by atoms with Crippen molar-refractivity contribution in [1.29, 1.82) is 0 Å². The third-order valence-corrected chi connectivity index (χ3v) is 8.55. The minimum Gasteiger partial charge on any atom is -0.511 e. The van der Waals surface area contributed by atoms with E-state index in [4.69, 9.17) is 14.2 Å². The van der Waals surface area contributed by atoms with Crippen molar-refractivity contribution in [2.45, 2.75) is 75.1 Å². The first-order valence-electron chi connectivity index (χ1n) is 10.2. The van der Waals surface area contributed by atoms with Gasteiger partial charge in [-0.05, 0) is 32.6 Å². The highest BCUT2D eigenvalue weighted by Gasteiger charge is 2.90. The minimum absolute atomic E-state index is 0.0478. The highest BCUT2D eigenvalue weighted by Crippen LogP contribution is 2.73. The molecule has 4 bridgehead atoms. The maximum absolute atomic E-state index is 13.7. The first-order valence-corrected chi connectivity index (χ1v) is 10.2. The first kappa shape index (κ1) is 19.5. The molecule has 3 aliphatic carbocycles. The van der Waals surface area contributed by atoms with Crippen molar-refractivity contribution in [2.75, 3.05) is 7.11 Å². The Morgan fingerprint density at radius 1 is 1.17 bits per heavy atom. The van der Waals surface area contributed by atoms with Crippen LogP contribution in [0.15, 0.2) is 11.3 Å². The highest BCUT2D eigenvalue weighted by molar-refractivity contribution is 6.01.